The molecule has 0 fully saturated rings. The smallest absolute Gasteiger partial charge is 0.143 e. The molecule has 2 nitrogen and oxygen atoms in total. The molecule has 0 unspecified atom stereocenters. The quantitative estimate of drug-likeness (QED) is 0.145. The van der Waals surface area contributed by atoms with E-state index in [1.165, 1.54) is 44.2 Å². The van der Waals surface area contributed by atoms with Crippen LogP contribution in [0.25, 0.3) is 88.7 Å². The van der Waals surface area contributed by atoms with Crippen molar-refractivity contribution in [1.29, 1.82) is 0 Å². The highest BCUT2D eigenvalue weighted by Crippen LogP contribution is 2.44. The summed E-state index contributed by atoms with van der Waals surface area (Å²) < 4.78 is 6.60. The third kappa shape index (κ3) is 6.84. The van der Waals surface area contributed by atoms with Gasteiger partial charge in [-0.05, 0) is 97.9 Å². The van der Waals surface area contributed by atoms with Crippen molar-refractivity contribution in [1.82, 2.24) is 0 Å². The van der Waals surface area contributed by atoms with E-state index in [0.29, 0.717) is 0 Å². The second-order valence-corrected chi connectivity index (χ2v) is 15.6. The molecule has 0 bridgehead atoms. The number of furan rings is 1. The summed E-state index contributed by atoms with van der Waals surface area (Å²) in [6.45, 7) is 0. The monoisotopic (exact) mass is 791 g/mol. The molecule has 1 aromatic heterocycles. The third-order valence-corrected chi connectivity index (χ3v) is 11.9. The molecule has 0 aliphatic heterocycles. The third-order valence-electron chi connectivity index (χ3n) is 11.9. The molecular formula is C60H41NO. The van der Waals surface area contributed by atoms with Crippen molar-refractivity contribution in [3.8, 4) is 67.0 Å². The lowest BCUT2D eigenvalue weighted by Gasteiger charge is -2.27. The van der Waals surface area contributed by atoms with Gasteiger partial charge < -0.3 is 9.32 Å². The van der Waals surface area contributed by atoms with E-state index in [0.717, 1.165) is 61.6 Å². The van der Waals surface area contributed by atoms with E-state index in [9.17, 15) is 0 Å². The molecule has 0 aliphatic carbocycles. The van der Waals surface area contributed by atoms with Gasteiger partial charge in [-0.3, -0.25) is 0 Å². The maximum Gasteiger partial charge on any atom is 0.143 e. The standard InChI is InChI=1S/C60H41NO/c1-3-17-43(18-4-1)51-25-9-11-28-54(51)55-29-12-10-26-52(55)45-35-39-50(40-36-45)61(57-31-16-22-44-19-7-8-27-53(44)57)49-37-33-42(34-38-49)47-23-15-24-48(41-47)60-59(46-20-5-2-6-21-46)56-30-13-14-32-58(56)62-60/h1-41H. The van der Waals surface area contributed by atoms with Gasteiger partial charge >= 0.3 is 0 Å². The Morgan fingerprint density at radius 3 is 1.44 bits per heavy atom. The zero-order valence-corrected chi connectivity index (χ0v) is 34.0. The highest BCUT2D eigenvalue weighted by molar-refractivity contribution is 6.02. The second-order valence-electron chi connectivity index (χ2n) is 15.6. The molecule has 2 heteroatoms. The Morgan fingerprint density at radius 1 is 0.290 bits per heavy atom. The normalized spacial score (nSPS) is 11.2. The Hall–Kier alpha value is -8.20. The Morgan fingerprint density at radius 2 is 0.758 bits per heavy atom. The fraction of sp³-hybridized carbons (Fsp3) is 0. The maximum absolute atomic E-state index is 6.60. The molecule has 10 aromatic carbocycles. The van der Waals surface area contributed by atoms with E-state index in [2.05, 4.69) is 241 Å². The molecule has 1 heterocycles. The van der Waals surface area contributed by atoms with Gasteiger partial charge in [-0.2, -0.15) is 0 Å². The van der Waals surface area contributed by atoms with Gasteiger partial charge in [0, 0.05) is 33.3 Å². The van der Waals surface area contributed by atoms with Crippen LogP contribution < -0.4 is 4.90 Å². The molecule has 0 atom stereocenters. The van der Waals surface area contributed by atoms with Crippen LogP contribution in [0.4, 0.5) is 17.1 Å². The first-order valence-corrected chi connectivity index (χ1v) is 21.2. The van der Waals surface area contributed by atoms with Crippen molar-refractivity contribution in [3.05, 3.63) is 249 Å². The minimum absolute atomic E-state index is 0.879. The van der Waals surface area contributed by atoms with E-state index < -0.39 is 0 Å². The van der Waals surface area contributed by atoms with Crippen molar-refractivity contribution in [3.63, 3.8) is 0 Å². The van der Waals surface area contributed by atoms with Crippen molar-refractivity contribution >= 4 is 38.8 Å². The van der Waals surface area contributed by atoms with Gasteiger partial charge in [0.1, 0.15) is 11.3 Å². The highest BCUT2D eigenvalue weighted by atomic mass is 16.3. The van der Waals surface area contributed by atoms with E-state index in [1.807, 2.05) is 12.1 Å². The van der Waals surface area contributed by atoms with Gasteiger partial charge in [0.05, 0.1) is 5.69 Å². The van der Waals surface area contributed by atoms with Crippen LogP contribution in [0.2, 0.25) is 0 Å². The number of anilines is 3. The topological polar surface area (TPSA) is 16.4 Å². The summed E-state index contributed by atoms with van der Waals surface area (Å²) in [5.41, 5.74) is 17.0. The first-order valence-electron chi connectivity index (χ1n) is 21.2. The van der Waals surface area contributed by atoms with Gasteiger partial charge in [0.25, 0.3) is 0 Å². The molecule has 0 radical (unpaired) electrons. The molecule has 62 heavy (non-hydrogen) atoms. The summed E-state index contributed by atoms with van der Waals surface area (Å²) in [4.78, 5) is 2.38. The molecule has 11 aromatic rings. The van der Waals surface area contributed by atoms with Crippen LogP contribution >= 0.6 is 0 Å². The first kappa shape index (κ1) is 36.8. The fourth-order valence-electron chi connectivity index (χ4n) is 8.96. The molecule has 0 spiro atoms. The zero-order chi connectivity index (χ0) is 41.2. The second kappa shape index (κ2) is 16.1. The highest BCUT2D eigenvalue weighted by Gasteiger charge is 2.20. The van der Waals surface area contributed by atoms with Crippen LogP contribution in [0.15, 0.2) is 253 Å². The van der Waals surface area contributed by atoms with Gasteiger partial charge in [-0.25, -0.2) is 0 Å². The summed E-state index contributed by atoms with van der Waals surface area (Å²) in [5.74, 6) is 0.879. The van der Waals surface area contributed by atoms with Crippen molar-refractivity contribution < 1.29 is 4.42 Å². The predicted molar refractivity (Wildman–Crippen MR) is 261 cm³/mol. The number of para-hydroxylation sites is 1. The average Bonchev–Trinajstić information content (AvgIpc) is 3.75. The molecule has 0 N–H and O–H groups in total. The van der Waals surface area contributed by atoms with Crippen molar-refractivity contribution in [2.45, 2.75) is 0 Å². The van der Waals surface area contributed by atoms with Gasteiger partial charge in [0.15, 0.2) is 0 Å². The Bertz CT molecular complexity index is 3320. The van der Waals surface area contributed by atoms with Crippen LogP contribution in [-0.2, 0) is 0 Å². The summed E-state index contributed by atoms with van der Waals surface area (Å²) in [7, 11) is 0. The van der Waals surface area contributed by atoms with E-state index in [4.69, 9.17) is 4.42 Å². The summed E-state index contributed by atoms with van der Waals surface area (Å²) in [6, 6.07) is 88.8. The van der Waals surface area contributed by atoms with Crippen molar-refractivity contribution in [2.75, 3.05) is 4.90 Å². The van der Waals surface area contributed by atoms with Crippen LogP contribution in [0.5, 0.6) is 0 Å². The minimum atomic E-state index is 0.879. The molecule has 0 aliphatic rings. The van der Waals surface area contributed by atoms with E-state index >= 15 is 0 Å². The van der Waals surface area contributed by atoms with Crippen LogP contribution in [0.1, 0.15) is 0 Å². The molecule has 0 amide bonds. The summed E-state index contributed by atoms with van der Waals surface area (Å²) in [5, 5.41) is 3.51. The Labute approximate surface area is 362 Å². The zero-order valence-electron chi connectivity index (χ0n) is 34.0. The predicted octanol–water partition coefficient (Wildman–Crippen LogP) is 17.1. The lowest BCUT2D eigenvalue weighted by Crippen LogP contribution is -2.10. The van der Waals surface area contributed by atoms with Crippen LogP contribution in [0.3, 0.4) is 0 Å². The fourth-order valence-corrected chi connectivity index (χ4v) is 8.96. The SMILES string of the molecule is c1ccc(-c2ccccc2-c2ccccc2-c2ccc(N(c3ccc(-c4cccc(-c5oc6ccccc6c5-c5ccccc5)c4)cc3)c3cccc4ccccc34)cc2)cc1. The molecular weight excluding hydrogens is 751 g/mol. The average molecular weight is 792 g/mol. The summed E-state index contributed by atoms with van der Waals surface area (Å²) in [6.07, 6.45) is 0. The van der Waals surface area contributed by atoms with Gasteiger partial charge in [-0.1, -0.05) is 206 Å². The number of benzene rings is 10. The summed E-state index contributed by atoms with van der Waals surface area (Å²) >= 11 is 0. The lowest BCUT2D eigenvalue weighted by atomic mass is 9.89. The molecule has 0 saturated heterocycles. The number of nitrogens with zero attached hydrogens (tertiary/aromatic N) is 1. The number of hydrogen-bond donors (Lipinski definition) is 0. The first-order chi connectivity index (χ1) is 30.8. The minimum Gasteiger partial charge on any atom is -0.455 e. The number of fused-ring (bicyclic) bond motifs is 2. The van der Waals surface area contributed by atoms with Crippen LogP contribution in [0, 0.1) is 0 Å². The maximum atomic E-state index is 6.60. The molecule has 0 saturated carbocycles. The Kier molecular flexibility index (Phi) is 9.57. The van der Waals surface area contributed by atoms with E-state index in [-0.39, 0.29) is 0 Å². The largest absolute Gasteiger partial charge is 0.455 e. The van der Waals surface area contributed by atoms with Gasteiger partial charge in [0.2, 0.25) is 0 Å². The molecule has 292 valence electrons. The molecule has 11 rings (SSSR count). The Balaban J connectivity index is 0.974. The number of rotatable bonds is 9. The lowest BCUT2D eigenvalue weighted by molar-refractivity contribution is 0.632. The number of hydrogen-bond acceptors (Lipinski definition) is 2. The van der Waals surface area contributed by atoms with Gasteiger partial charge in [-0.15, -0.1) is 0 Å². The van der Waals surface area contributed by atoms with Crippen molar-refractivity contribution in [2.24, 2.45) is 0 Å². The van der Waals surface area contributed by atoms with Crippen LogP contribution in [-0.4, -0.2) is 0 Å². The van der Waals surface area contributed by atoms with E-state index in [1.54, 1.807) is 0 Å².